The smallest absolute Gasteiger partial charge is 0.329 e. The Bertz CT molecular complexity index is 3170. The maximum absolute atomic E-state index is 14.6. The second kappa shape index (κ2) is 26.7. The van der Waals surface area contributed by atoms with Crippen LogP contribution < -0.4 is 49.1 Å². The predicted molar refractivity (Wildman–Crippen MR) is 293 cm³/mol. The first-order chi connectivity index (χ1) is 39.2. The van der Waals surface area contributed by atoms with E-state index in [9.17, 15) is 38.4 Å². The number of likely N-dealkylation sites (tertiary alicyclic amines) is 1. The number of carbonyl (C=O) groups excluding carboxylic acids is 8. The number of fused-ring (bicyclic) bond motifs is 1. The lowest BCUT2D eigenvalue weighted by molar-refractivity contribution is -0.162. The monoisotopic (exact) mass is 1110 g/mol. The second-order valence-corrected chi connectivity index (χ2v) is 19.4. The number of ether oxygens (including phenoxy) is 8. The number of anilines is 1. The number of carbonyl (C=O) groups is 8. The summed E-state index contributed by atoms with van der Waals surface area (Å²) in [6.07, 6.45) is 1.99. The predicted octanol–water partition coefficient (Wildman–Crippen LogP) is 6.64. The number of hydrogen-bond acceptors (Lipinski definition) is 16. The minimum Gasteiger partial charge on any atom is -0.493 e. The standard InChI is InChI=1S/C60H65N5O16/c1-7-39(37-30-49(76-4)55(78-6)50(31-37)77-5)57(70)64-27-11-10-18-43(64)60(73)81-45(24-21-35-22-25-46(74-2)48(29-35)75-3)40-16-8-9-19-44(40)79-33-52(67)61-32-36-14-12-15-38(28-36)62-53(68)34-80-47-20-13-17-41-54(47)59(72)65(58(41)71)42-23-26-51(66)63-56(42)69/h8-9,12-17,19-20,22,25,28-31,39,42-43,45H,7,10-11,18,21,23-24,26-27,32-34H2,1-6H3,(H,61,67)(H,62,68)(H,63,66,69)/t39-,42?,43-,45?/m0/s1. The molecule has 2 unspecified atom stereocenters. The minimum absolute atomic E-state index is 0.00786. The van der Waals surface area contributed by atoms with Crippen molar-refractivity contribution in [3.05, 3.63) is 130 Å². The van der Waals surface area contributed by atoms with Crippen molar-refractivity contribution < 1.29 is 76.3 Å². The van der Waals surface area contributed by atoms with Gasteiger partial charge < -0.3 is 53.4 Å². The van der Waals surface area contributed by atoms with E-state index in [1.165, 1.54) is 39.5 Å². The van der Waals surface area contributed by atoms with Crippen LogP contribution in [0.2, 0.25) is 0 Å². The fourth-order valence-corrected chi connectivity index (χ4v) is 10.3. The fourth-order valence-electron chi connectivity index (χ4n) is 10.3. The molecule has 0 aliphatic carbocycles. The van der Waals surface area contributed by atoms with Gasteiger partial charge in [0.15, 0.2) is 36.2 Å². The zero-order valence-corrected chi connectivity index (χ0v) is 46.0. The molecular weight excluding hydrogens is 1050 g/mol. The highest BCUT2D eigenvalue weighted by atomic mass is 16.6. The molecule has 2 saturated heterocycles. The summed E-state index contributed by atoms with van der Waals surface area (Å²) >= 11 is 0. The minimum atomic E-state index is -1.17. The van der Waals surface area contributed by atoms with Gasteiger partial charge in [-0.3, -0.25) is 43.8 Å². The molecule has 3 N–H and O–H groups in total. The molecule has 4 atom stereocenters. The normalized spacial score (nSPS) is 16.5. The molecule has 3 aliphatic heterocycles. The van der Waals surface area contributed by atoms with E-state index in [2.05, 4.69) is 16.0 Å². The highest BCUT2D eigenvalue weighted by molar-refractivity contribution is 6.24. The highest BCUT2D eigenvalue weighted by Crippen LogP contribution is 2.42. The number of methoxy groups -OCH3 is 5. The van der Waals surface area contributed by atoms with Crippen LogP contribution in [0, 0.1) is 0 Å². The van der Waals surface area contributed by atoms with Gasteiger partial charge in [-0.2, -0.15) is 0 Å². The Morgan fingerprint density at radius 2 is 1.38 bits per heavy atom. The van der Waals surface area contributed by atoms with E-state index >= 15 is 0 Å². The average molecular weight is 1110 g/mol. The molecule has 3 aliphatic rings. The van der Waals surface area contributed by atoms with Crippen molar-refractivity contribution in [2.45, 2.75) is 88.9 Å². The Hall–Kier alpha value is -9.14. The zero-order valence-electron chi connectivity index (χ0n) is 46.0. The maximum atomic E-state index is 14.6. The number of amides is 7. The van der Waals surface area contributed by atoms with Crippen molar-refractivity contribution >= 4 is 53.0 Å². The van der Waals surface area contributed by atoms with Crippen LogP contribution in [0.25, 0.3) is 0 Å². The Morgan fingerprint density at radius 3 is 2.10 bits per heavy atom. The van der Waals surface area contributed by atoms with Crippen LogP contribution in [-0.4, -0.2) is 125 Å². The summed E-state index contributed by atoms with van der Waals surface area (Å²) in [6, 6.07) is 25.1. The SMILES string of the molecule is CC[C@H](C(=O)N1CCCC[C@H]1C(=O)OC(CCc1ccc(OC)c(OC)c1)c1ccccc1OCC(=O)NCc1cccc(NC(=O)COc2cccc3c2C(=O)N(C2CCC(=O)NC2=O)C3=O)c1)c1cc(OC)c(OC)c(OC)c1. The molecule has 5 aromatic rings. The Kier molecular flexibility index (Phi) is 19.1. The van der Waals surface area contributed by atoms with Gasteiger partial charge in [0.25, 0.3) is 23.6 Å². The highest BCUT2D eigenvalue weighted by Gasteiger charge is 2.46. The van der Waals surface area contributed by atoms with Gasteiger partial charge >= 0.3 is 5.97 Å². The largest absolute Gasteiger partial charge is 0.493 e. The first-order valence-electron chi connectivity index (χ1n) is 26.6. The van der Waals surface area contributed by atoms with Crippen molar-refractivity contribution in [1.29, 1.82) is 0 Å². The molecule has 81 heavy (non-hydrogen) atoms. The van der Waals surface area contributed by atoms with Crippen LogP contribution in [-0.2, 0) is 46.5 Å². The molecule has 3 heterocycles. The van der Waals surface area contributed by atoms with Crippen molar-refractivity contribution in [2.75, 3.05) is 60.6 Å². The first-order valence-corrected chi connectivity index (χ1v) is 26.6. The van der Waals surface area contributed by atoms with E-state index < -0.39 is 78.7 Å². The third kappa shape index (κ3) is 13.3. The van der Waals surface area contributed by atoms with Gasteiger partial charge in [-0.25, -0.2) is 4.79 Å². The number of imide groups is 2. The number of nitrogens with one attached hydrogen (secondary N) is 3. The van der Waals surface area contributed by atoms with E-state index in [-0.39, 0.29) is 48.6 Å². The van der Waals surface area contributed by atoms with Gasteiger partial charge in [-0.1, -0.05) is 49.4 Å². The van der Waals surface area contributed by atoms with E-state index in [0.717, 1.165) is 10.5 Å². The summed E-state index contributed by atoms with van der Waals surface area (Å²) in [5.74, 6) is -2.67. The van der Waals surface area contributed by atoms with Crippen molar-refractivity contribution in [1.82, 2.24) is 20.4 Å². The summed E-state index contributed by atoms with van der Waals surface area (Å²) in [5.41, 5.74) is 2.97. The van der Waals surface area contributed by atoms with Gasteiger partial charge in [-0.05, 0) is 116 Å². The summed E-state index contributed by atoms with van der Waals surface area (Å²) in [4.78, 5) is 109. The number of benzene rings is 5. The maximum Gasteiger partial charge on any atom is 0.329 e. The fraction of sp³-hybridized carbons (Fsp3) is 0.367. The summed E-state index contributed by atoms with van der Waals surface area (Å²) < 4.78 is 46.1. The van der Waals surface area contributed by atoms with Crippen LogP contribution >= 0.6 is 0 Å². The molecule has 0 radical (unpaired) electrons. The number of nitrogens with zero attached hydrogens (tertiary/aromatic N) is 2. The van der Waals surface area contributed by atoms with Gasteiger partial charge in [0.05, 0.1) is 52.6 Å². The summed E-state index contributed by atoms with van der Waals surface area (Å²) in [6.45, 7) is 1.36. The van der Waals surface area contributed by atoms with Crippen LogP contribution in [0.5, 0.6) is 40.2 Å². The van der Waals surface area contributed by atoms with E-state index in [4.69, 9.17) is 37.9 Å². The van der Waals surface area contributed by atoms with Crippen LogP contribution in [0.15, 0.2) is 97.1 Å². The van der Waals surface area contributed by atoms with Crippen molar-refractivity contribution in [2.24, 2.45) is 0 Å². The van der Waals surface area contributed by atoms with Gasteiger partial charge in [-0.15, -0.1) is 0 Å². The molecule has 21 heteroatoms. The zero-order chi connectivity index (χ0) is 57.7. The molecule has 7 amide bonds. The van der Waals surface area contributed by atoms with Gasteiger partial charge in [0.1, 0.15) is 29.7 Å². The van der Waals surface area contributed by atoms with Crippen molar-refractivity contribution in [3.8, 4) is 40.2 Å². The van der Waals surface area contributed by atoms with Crippen LogP contribution in [0.1, 0.15) is 107 Å². The topological polar surface area (TPSA) is 253 Å². The third-order valence-corrected chi connectivity index (χ3v) is 14.4. The number of rotatable bonds is 24. The lowest BCUT2D eigenvalue weighted by Gasteiger charge is -2.37. The number of piperidine rings is 2. The Labute approximate surface area is 468 Å². The number of para-hydroxylation sites is 1. The van der Waals surface area contributed by atoms with Crippen LogP contribution in [0.4, 0.5) is 5.69 Å². The number of esters is 1. The molecule has 5 aromatic carbocycles. The molecule has 426 valence electrons. The number of aryl methyl sites for hydroxylation is 1. The quantitative estimate of drug-likeness (QED) is 0.0433. The lowest BCUT2D eigenvalue weighted by atomic mass is 9.91. The average Bonchev–Trinajstić information content (AvgIpc) is 4.04. The van der Waals surface area contributed by atoms with E-state index in [1.54, 1.807) is 85.8 Å². The lowest BCUT2D eigenvalue weighted by Crippen LogP contribution is -2.54. The summed E-state index contributed by atoms with van der Waals surface area (Å²) in [7, 11) is 7.62. The molecule has 0 spiro atoms. The second-order valence-electron chi connectivity index (χ2n) is 19.4. The molecule has 21 nitrogen and oxygen atoms in total. The Morgan fingerprint density at radius 1 is 0.679 bits per heavy atom. The molecular formula is C60H65N5O16. The molecule has 8 rings (SSSR count). The first kappa shape index (κ1) is 58.0. The molecule has 0 bridgehead atoms. The van der Waals surface area contributed by atoms with Gasteiger partial charge in [0, 0.05) is 30.8 Å². The molecule has 2 fully saturated rings. The summed E-state index contributed by atoms with van der Waals surface area (Å²) in [5, 5.41) is 7.73. The Balaban J connectivity index is 0.915. The van der Waals surface area contributed by atoms with Crippen molar-refractivity contribution in [3.63, 3.8) is 0 Å². The molecule has 0 saturated carbocycles. The number of hydrogen-bond donors (Lipinski definition) is 3. The van der Waals surface area contributed by atoms with Crippen LogP contribution in [0.3, 0.4) is 0 Å². The van der Waals surface area contributed by atoms with E-state index in [0.29, 0.717) is 95.5 Å². The van der Waals surface area contributed by atoms with Gasteiger partial charge in [0.2, 0.25) is 23.5 Å². The molecule has 0 aromatic heterocycles. The van der Waals surface area contributed by atoms with E-state index in [1.807, 2.05) is 19.1 Å². The third-order valence-electron chi connectivity index (χ3n) is 14.4.